The van der Waals surface area contributed by atoms with E-state index in [9.17, 15) is 18.0 Å². The van der Waals surface area contributed by atoms with Crippen LogP contribution in [-0.2, 0) is 32.5 Å². The summed E-state index contributed by atoms with van der Waals surface area (Å²) in [5, 5.41) is 2.72. The van der Waals surface area contributed by atoms with Gasteiger partial charge in [0.05, 0.1) is 24.7 Å². The lowest BCUT2D eigenvalue weighted by atomic mass is 10.1. The maximum absolute atomic E-state index is 12.9. The van der Waals surface area contributed by atoms with E-state index >= 15 is 0 Å². The Hall–Kier alpha value is -2.75. The van der Waals surface area contributed by atoms with Gasteiger partial charge in [0.15, 0.2) is 0 Å². The van der Waals surface area contributed by atoms with E-state index in [4.69, 9.17) is 4.74 Å². The zero-order valence-electron chi connectivity index (χ0n) is 16.4. The molecule has 2 fully saturated rings. The number of imide groups is 1. The molecule has 158 valence electrons. The van der Waals surface area contributed by atoms with Crippen molar-refractivity contribution in [3.8, 4) is 0 Å². The summed E-state index contributed by atoms with van der Waals surface area (Å²) in [6, 6.07) is 14.8. The standard InChI is InChI=1S/C21H23N3O5S/c25-20-19(14-16-5-2-1-3-6-16)22-21(26)24(20)15-17-7-4-8-18(13-17)30(27,28)23-9-11-29-12-10-23/h1-8,13,19H,9-12,14-15H2,(H,22,26)/t19-/m0/s1. The normalized spacial score (nSPS) is 20.4. The van der Waals surface area contributed by atoms with E-state index in [2.05, 4.69) is 5.32 Å². The molecule has 1 N–H and O–H groups in total. The van der Waals surface area contributed by atoms with Crippen LogP contribution in [0.1, 0.15) is 11.1 Å². The second-order valence-electron chi connectivity index (χ2n) is 7.28. The Labute approximate surface area is 175 Å². The summed E-state index contributed by atoms with van der Waals surface area (Å²) >= 11 is 0. The van der Waals surface area contributed by atoms with Gasteiger partial charge in [-0.1, -0.05) is 42.5 Å². The van der Waals surface area contributed by atoms with Crippen LogP contribution < -0.4 is 5.32 Å². The van der Waals surface area contributed by atoms with Crippen LogP contribution in [0.4, 0.5) is 4.79 Å². The van der Waals surface area contributed by atoms with Crippen molar-refractivity contribution in [3.63, 3.8) is 0 Å². The van der Waals surface area contributed by atoms with Crippen molar-refractivity contribution < 1.29 is 22.7 Å². The number of ether oxygens (including phenoxy) is 1. The Morgan fingerprint density at radius 3 is 2.40 bits per heavy atom. The van der Waals surface area contributed by atoms with Crippen LogP contribution in [0.15, 0.2) is 59.5 Å². The second kappa shape index (κ2) is 8.55. The van der Waals surface area contributed by atoms with Gasteiger partial charge in [-0.05, 0) is 23.3 Å². The Balaban J connectivity index is 1.48. The maximum Gasteiger partial charge on any atom is 0.325 e. The highest BCUT2D eigenvalue weighted by Crippen LogP contribution is 2.21. The Bertz CT molecular complexity index is 1040. The van der Waals surface area contributed by atoms with Gasteiger partial charge >= 0.3 is 6.03 Å². The van der Waals surface area contributed by atoms with Crippen LogP contribution in [0.25, 0.3) is 0 Å². The van der Waals surface area contributed by atoms with Gasteiger partial charge in [-0.15, -0.1) is 0 Å². The first-order valence-corrected chi connectivity index (χ1v) is 11.2. The minimum Gasteiger partial charge on any atom is -0.379 e. The Morgan fingerprint density at radius 1 is 0.967 bits per heavy atom. The van der Waals surface area contributed by atoms with E-state index in [1.807, 2.05) is 30.3 Å². The highest BCUT2D eigenvalue weighted by atomic mass is 32.2. The zero-order chi connectivity index (χ0) is 21.1. The Kier molecular flexibility index (Phi) is 5.85. The summed E-state index contributed by atoms with van der Waals surface area (Å²) in [6.45, 7) is 1.36. The first kappa shape index (κ1) is 20.5. The van der Waals surface area contributed by atoms with Crippen molar-refractivity contribution in [3.05, 3.63) is 65.7 Å². The minimum absolute atomic E-state index is 0.0163. The van der Waals surface area contributed by atoms with E-state index in [0.29, 0.717) is 38.3 Å². The third-order valence-corrected chi connectivity index (χ3v) is 7.13. The summed E-state index contributed by atoms with van der Waals surface area (Å²) in [5.74, 6) is -0.315. The molecule has 2 saturated heterocycles. The minimum atomic E-state index is -3.65. The molecule has 30 heavy (non-hydrogen) atoms. The number of morpholine rings is 1. The van der Waals surface area contributed by atoms with Gasteiger partial charge in [0.25, 0.3) is 5.91 Å². The van der Waals surface area contributed by atoms with Gasteiger partial charge in [0, 0.05) is 19.5 Å². The van der Waals surface area contributed by atoms with Gasteiger partial charge in [-0.25, -0.2) is 13.2 Å². The molecule has 0 aliphatic carbocycles. The lowest BCUT2D eigenvalue weighted by molar-refractivity contribution is -0.127. The average Bonchev–Trinajstić information content (AvgIpc) is 3.02. The highest BCUT2D eigenvalue weighted by Gasteiger charge is 2.38. The molecule has 0 radical (unpaired) electrons. The first-order valence-electron chi connectivity index (χ1n) is 9.78. The number of urea groups is 1. The summed E-state index contributed by atoms with van der Waals surface area (Å²) in [5.41, 5.74) is 1.53. The fourth-order valence-corrected chi connectivity index (χ4v) is 5.12. The molecule has 0 bridgehead atoms. The molecule has 9 heteroatoms. The maximum atomic E-state index is 12.9. The van der Waals surface area contributed by atoms with Crippen LogP contribution in [-0.4, -0.2) is 61.9 Å². The average molecular weight is 429 g/mol. The number of benzene rings is 2. The topological polar surface area (TPSA) is 96.0 Å². The van der Waals surface area contributed by atoms with Crippen LogP contribution in [0.5, 0.6) is 0 Å². The molecule has 8 nitrogen and oxygen atoms in total. The molecular weight excluding hydrogens is 406 g/mol. The monoisotopic (exact) mass is 429 g/mol. The van der Waals surface area contributed by atoms with Crippen molar-refractivity contribution in [2.75, 3.05) is 26.3 Å². The van der Waals surface area contributed by atoms with Crippen molar-refractivity contribution in [1.82, 2.24) is 14.5 Å². The van der Waals surface area contributed by atoms with Crippen LogP contribution in [0, 0.1) is 0 Å². The molecule has 1 atom stereocenters. The van der Waals surface area contributed by atoms with Crippen molar-refractivity contribution in [2.45, 2.75) is 23.9 Å². The van der Waals surface area contributed by atoms with Crippen LogP contribution in [0.3, 0.4) is 0 Å². The third-order valence-electron chi connectivity index (χ3n) is 5.24. The van der Waals surface area contributed by atoms with Crippen molar-refractivity contribution in [2.24, 2.45) is 0 Å². The van der Waals surface area contributed by atoms with Crippen LogP contribution in [0.2, 0.25) is 0 Å². The number of rotatable bonds is 6. The predicted molar refractivity (Wildman–Crippen MR) is 109 cm³/mol. The van der Waals surface area contributed by atoms with Crippen molar-refractivity contribution in [1.29, 1.82) is 0 Å². The fourth-order valence-electron chi connectivity index (χ4n) is 3.64. The highest BCUT2D eigenvalue weighted by molar-refractivity contribution is 7.89. The van der Waals surface area contributed by atoms with Gasteiger partial charge in [0.1, 0.15) is 6.04 Å². The molecule has 2 heterocycles. The van der Waals surface area contributed by atoms with E-state index in [-0.39, 0.29) is 17.3 Å². The lowest BCUT2D eigenvalue weighted by Gasteiger charge is -2.26. The first-order chi connectivity index (χ1) is 14.4. The molecule has 0 spiro atoms. The van der Waals surface area contributed by atoms with Gasteiger partial charge < -0.3 is 10.1 Å². The zero-order valence-corrected chi connectivity index (χ0v) is 17.2. The second-order valence-corrected chi connectivity index (χ2v) is 9.22. The molecular formula is C21H23N3O5S. The number of sulfonamides is 1. The molecule has 0 unspecified atom stereocenters. The lowest BCUT2D eigenvalue weighted by Crippen LogP contribution is -2.40. The van der Waals surface area contributed by atoms with Gasteiger partial charge in [0.2, 0.25) is 10.0 Å². The fraction of sp³-hybridized carbons (Fsp3) is 0.333. The molecule has 2 aromatic rings. The van der Waals surface area contributed by atoms with Gasteiger partial charge in [-0.3, -0.25) is 9.69 Å². The largest absolute Gasteiger partial charge is 0.379 e. The number of carbonyl (C=O) groups is 2. The predicted octanol–water partition coefficient (Wildman–Crippen LogP) is 1.37. The molecule has 2 aliphatic rings. The summed E-state index contributed by atoms with van der Waals surface area (Å²) in [7, 11) is -3.65. The van der Waals surface area contributed by atoms with Gasteiger partial charge in [-0.2, -0.15) is 4.31 Å². The number of amides is 3. The quantitative estimate of drug-likeness (QED) is 0.700. The van der Waals surface area contributed by atoms with E-state index in [0.717, 1.165) is 10.5 Å². The van der Waals surface area contributed by atoms with E-state index in [1.54, 1.807) is 12.1 Å². The van der Waals surface area contributed by atoms with E-state index < -0.39 is 22.1 Å². The molecule has 0 saturated carbocycles. The SMILES string of the molecule is O=C1N[C@@H](Cc2ccccc2)C(=O)N1Cc1cccc(S(=O)(=O)N2CCOCC2)c1. The van der Waals surface area contributed by atoms with E-state index in [1.165, 1.54) is 16.4 Å². The summed E-state index contributed by atoms with van der Waals surface area (Å²) in [4.78, 5) is 26.4. The molecule has 2 aromatic carbocycles. The number of hydrogen-bond donors (Lipinski definition) is 1. The number of nitrogens with zero attached hydrogens (tertiary/aromatic N) is 2. The van der Waals surface area contributed by atoms with Crippen LogP contribution >= 0.6 is 0 Å². The summed E-state index contributed by atoms with van der Waals surface area (Å²) < 4.78 is 32.4. The molecule has 4 rings (SSSR count). The number of hydrogen-bond acceptors (Lipinski definition) is 5. The smallest absolute Gasteiger partial charge is 0.325 e. The molecule has 2 aliphatic heterocycles. The number of carbonyl (C=O) groups excluding carboxylic acids is 2. The summed E-state index contributed by atoms with van der Waals surface area (Å²) in [6.07, 6.45) is 0.410. The third kappa shape index (κ3) is 4.23. The molecule has 3 amide bonds. The molecule has 0 aromatic heterocycles. The number of nitrogens with one attached hydrogen (secondary N) is 1. The Morgan fingerprint density at radius 2 is 1.67 bits per heavy atom. The van der Waals surface area contributed by atoms with Crippen molar-refractivity contribution >= 4 is 22.0 Å².